The summed E-state index contributed by atoms with van der Waals surface area (Å²) in [6.45, 7) is 3.29. The fourth-order valence-corrected chi connectivity index (χ4v) is 4.47. The largest absolute Gasteiger partial charge is 0.310 e. The van der Waals surface area contributed by atoms with Gasteiger partial charge in [0.15, 0.2) is 0 Å². The molecule has 2 saturated carbocycles. The van der Waals surface area contributed by atoms with Gasteiger partial charge in [-0.05, 0) is 59.5 Å². The topological polar surface area (TPSA) is 12.0 Å². The average Bonchev–Trinajstić information content (AvgIpc) is 2.94. The molecule has 0 heterocycles. The summed E-state index contributed by atoms with van der Waals surface area (Å²) in [5.41, 5.74) is 1.49. The Morgan fingerprint density at radius 2 is 1.80 bits per heavy atom. The van der Waals surface area contributed by atoms with Crippen LogP contribution in [0.15, 0.2) is 42.5 Å². The lowest BCUT2D eigenvalue weighted by Gasteiger charge is -2.21. The molecule has 2 aliphatic rings. The second kappa shape index (κ2) is 4.89. The van der Waals surface area contributed by atoms with Crippen molar-refractivity contribution in [1.82, 2.24) is 5.32 Å². The van der Waals surface area contributed by atoms with Crippen molar-refractivity contribution in [3.63, 3.8) is 0 Å². The molecule has 0 spiro atoms. The Morgan fingerprint density at radius 3 is 2.55 bits per heavy atom. The van der Waals surface area contributed by atoms with E-state index in [4.69, 9.17) is 0 Å². The van der Waals surface area contributed by atoms with Gasteiger partial charge in [-0.1, -0.05) is 49.7 Å². The maximum absolute atomic E-state index is 3.75. The monoisotopic (exact) mass is 265 g/mol. The molecule has 0 aliphatic heterocycles. The van der Waals surface area contributed by atoms with E-state index >= 15 is 0 Å². The Bertz CT molecular complexity index is 608. The second-order valence-corrected chi connectivity index (χ2v) is 6.48. The molecule has 1 heteroatoms. The normalized spacial score (nSPS) is 29.4. The van der Waals surface area contributed by atoms with Crippen molar-refractivity contribution in [2.45, 2.75) is 32.2 Å². The first kappa shape index (κ1) is 12.4. The summed E-state index contributed by atoms with van der Waals surface area (Å²) >= 11 is 0. The minimum absolute atomic E-state index is 0.569. The molecular formula is C19H23N. The van der Waals surface area contributed by atoms with Gasteiger partial charge in [0.2, 0.25) is 0 Å². The van der Waals surface area contributed by atoms with Gasteiger partial charge < -0.3 is 5.32 Å². The quantitative estimate of drug-likeness (QED) is 0.856. The van der Waals surface area contributed by atoms with Crippen LogP contribution in [-0.2, 0) is 0 Å². The molecule has 0 amide bonds. The van der Waals surface area contributed by atoms with Crippen LogP contribution in [0, 0.1) is 17.8 Å². The molecule has 0 radical (unpaired) electrons. The first-order chi connectivity index (χ1) is 9.88. The van der Waals surface area contributed by atoms with Gasteiger partial charge in [-0.15, -0.1) is 0 Å². The second-order valence-electron chi connectivity index (χ2n) is 6.48. The molecule has 104 valence electrons. The van der Waals surface area contributed by atoms with Crippen LogP contribution in [0.5, 0.6) is 0 Å². The van der Waals surface area contributed by atoms with Gasteiger partial charge >= 0.3 is 0 Å². The number of benzene rings is 2. The minimum Gasteiger partial charge on any atom is -0.310 e. The molecule has 2 aliphatic carbocycles. The highest BCUT2D eigenvalue weighted by Gasteiger charge is 2.55. The number of hydrogen-bond donors (Lipinski definition) is 1. The van der Waals surface area contributed by atoms with Gasteiger partial charge in [0.05, 0.1) is 0 Å². The third kappa shape index (κ3) is 1.96. The maximum Gasteiger partial charge on any atom is 0.0354 e. The average molecular weight is 265 g/mol. The van der Waals surface area contributed by atoms with E-state index < -0.39 is 0 Å². The van der Waals surface area contributed by atoms with Crippen LogP contribution < -0.4 is 5.32 Å². The van der Waals surface area contributed by atoms with Crippen LogP contribution in [0.2, 0.25) is 0 Å². The minimum atomic E-state index is 0.569. The van der Waals surface area contributed by atoms with Crippen molar-refractivity contribution in [2.24, 2.45) is 17.8 Å². The molecule has 2 aromatic rings. The zero-order chi connectivity index (χ0) is 13.5. The molecular weight excluding hydrogens is 242 g/mol. The van der Waals surface area contributed by atoms with Crippen LogP contribution in [0.4, 0.5) is 0 Å². The van der Waals surface area contributed by atoms with Crippen LogP contribution in [0.1, 0.15) is 37.8 Å². The first-order valence-corrected chi connectivity index (χ1v) is 8.10. The molecule has 3 atom stereocenters. The number of hydrogen-bond acceptors (Lipinski definition) is 1. The van der Waals surface area contributed by atoms with E-state index in [9.17, 15) is 0 Å². The Hall–Kier alpha value is -1.34. The van der Waals surface area contributed by atoms with Crippen molar-refractivity contribution in [3.8, 4) is 0 Å². The molecule has 0 bridgehead atoms. The van der Waals surface area contributed by atoms with E-state index in [1.165, 1.54) is 35.6 Å². The Kier molecular flexibility index (Phi) is 3.03. The number of nitrogens with one attached hydrogen (secondary N) is 1. The van der Waals surface area contributed by atoms with E-state index in [2.05, 4.69) is 54.7 Å². The third-order valence-corrected chi connectivity index (χ3v) is 5.41. The van der Waals surface area contributed by atoms with Gasteiger partial charge in [0.1, 0.15) is 0 Å². The lowest BCUT2D eigenvalue weighted by molar-refractivity contribution is 0.426. The predicted octanol–water partition coefficient (Wildman–Crippen LogP) is 4.54. The summed E-state index contributed by atoms with van der Waals surface area (Å²) in [7, 11) is 0. The summed E-state index contributed by atoms with van der Waals surface area (Å²) in [5.74, 6) is 2.90. The van der Waals surface area contributed by atoms with Crippen LogP contribution in [0.25, 0.3) is 10.8 Å². The maximum atomic E-state index is 3.75. The van der Waals surface area contributed by atoms with E-state index in [1.807, 2.05) is 0 Å². The zero-order valence-electron chi connectivity index (χ0n) is 12.2. The highest BCUT2D eigenvalue weighted by atomic mass is 14.9. The highest BCUT2D eigenvalue weighted by Crippen LogP contribution is 2.62. The number of rotatable bonds is 4. The molecule has 20 heavy (non-hydrogen) atoms. The lowest BCUT2D eigenvalue weighted by atomic mass is 9.95. The third-order valence-electron chi connectivity index (χ3n) is 5.41. The summed E-state index contributed by atoms with van der Waals surface area (Å²) < 4.78 is 0. The summed E-state index contributed by atoms with van der Waals surface area (Å²) in [6.07, 6.45) is 4.39. The molecule has 3 unspecified atom stereocenters. The standard InChI is InChI=1S/C19H23N/c1-2-20-19(18-16-8-5-9-17(16)18)15-11-10-13-6-3-4-7-14(13)12-15/h3-4,6-7,10-12,16-20H,2,5,8-9H2,1H3. The first-order valence-electron chi connectivity index (χ1n) is 8.10. The summed E-state index contributed by atoms with van der Waals surface area (Å²) in [5, 5.41) is 6.48. The molecule has 2 fully saturated rings. The number of fused-ring (bicyclic) bond motifs is 2. The van der Waals surface area contributed by atoms with E-state index in [-0.39, 0.29) is 0 Å². The molecule has 1 nitrogen and oxygen atoms in total. The fourth-order valence-electron chi connectivity index (χ4n) is 4.47. The zero-order valence-corrected chi connectivity index (χ0v) is 12.2. The van der Waals surface area contributed by atoms with Crippen LogP contribution >= 0.6 is 0 Å². The highest BCUT2D eigenvalue weighted by molar-refractivity contribution is 5.83. The predicted molar refractivity (Wildman–Crippen MR) is 84.7 cm³/mol. The van der Waals surface area contributed by atoms with Gasteiger partial charge in [0, 0.05) is 6.04 Å². The summed E-state index contributed by atoms with van der Waals surface area (Å²) in [6, 6.07) is 16.3. The van der Waals surface area contributed by atoms with Gasteiger partial charge in [-0.25, -0.2) is 0 Å². The molecule has 0 aromatic heterocycles. The van der Waals surface area contributed by atoms with Gasteiger partial charge in [0.25, 0.3) is 0 Å². The van der Waals surface area contributed by atoms with Crippen molar-refractivity contribution in [1.29, 1.82) is 0 Å². The van der Waals surface area contributed by atoms with Crippen molar-refractivity contribution in [2.75, 3.05) is 6.54 Å². The van der Waals surface area contributed by atoms with Crippen LogP contribution in [0.3, 0.4) is 0 Å². The fraction of sp³-hybridized carbons (Fsp3) is 0.474. The Labute approximate surface area is 121 Å². The lowest BCUT2D eigenvalue weighted by Crippen LogP contribution is -2.24. The van der Waals surface area contributed by atoms with Crippen molar-refractivity contribution < 1.29 is 0 Å². The molecule has 4 rings (SSSR count). The Morgan fingerprint density at radius 1 is 1.05 bits per heavy atom. The van der Waals surface area contributed by atoms with Gasteiger partial charge in [-0.2, -0.15) is 0 Å². The molecule has 0 saturated heterocycles. The van der Waals surface area contributed by atoms with E-state index in [0.717, 1.165) is 24.3 Å². The van der Waals surface area contributed by atoms with Crippen molar-refractivity contribution >= 4 is 10.8 Å². The van der Waals surface area contributed by atoms with E-state index in [1.54, 1.807) is 0 Å². The molecule has 1 N–H and O–H groups in total. The smallest absolute Gasteiger partial charge is 0.0354 e. The van der Waals surface area contributed by atoms with Crippen molar-refractivity contribution in [3.05, 3.63) is 48.0 Å². The Balaban J connectivity index is 1.67. The van der Waals surface area contributed by atoms with E-state index in [0.29, 0.717) is 6.04 Å². The van der Waals surface area contributed by atoms with Crippen LogP contribution in [-0.4, -0.2) is 6.54 Å². The summed E-state index contributed by atoms with van der Waals surface area (Å²) in [4.78, 5) is 0. The molecule has 2 aromatic carbocycles. The van der Waals surface area contributed by atoms with Gasteiger partial charge in [-0.3, -0.25) is 0 Å². The SMILES string of the molecule is CCNC(c1ccc2ccccc2c1)C1C2CCCC21.